The number of carbonyl (C=O) groups is 2. The minimum Gasteiger partial charge on any atom is -0.357 e. The zero-order chi connectivity index (χ0) is 19.1. The van der Waals surface area contributed by atoms with Crippen molar-refractivity contribution in [2.24, 2.45) is 0 Å². The lowest BCUT2D eigenvalue weighted by Gasteiger charge is -2.30. The van der Waals surface area contributed by atoms with E-state index in [1.165, 1.54) is 0 Å². The van der Waals surface area contributed by atoms with Gasteiger partial charge in [-0.05, 0) is 29.7 Å². The van der Waals surface area contributed by atoms with E-state index >= 15 is 0 Å². The molecule has 2 amide bonds. The highest BCUT2D eigenvalue weighted by Gasteiger charge is 2.28. The average Bonchev–Trinajstić information content (AvgIpc) is 2.64. The molecule has 1 N–H and O–H groups in total. The number of rotatable bonds is 7. The van der Waals surface area contributed by atoms with Crippen LogP contribution in [0.4, 0.5) is 0 Å². The molecule has 0 aromatic heterocycles. The van der Waals surface area contributed by atoms with E-state index in [-0.39, 0.29) is 24.8 Å². The summed E-state index contributed by atoms with van der Waals surface area (Å²) in [6.07, 6.45) is 0.747. The molecule has 1 atom stereocenters. The van der Waals surface area contributed by atoms with Gasteiger partial charge in [-0.3, -0.25) is 9.59 Å². The maximum atomic E-state index is 13.0. The van der Waals surface area contributed by atoms with Gasteiger partial charge in [-0.2, -0.15) is 0 Å². The van der Waals surface area contributed by atoms with E-state index < -0.39 is 6.04 Å². The number of halogens is 2. The van der Waals surface area contributed by atoms with Crippen molar-refractivity contribution in [1.29, 1.82) is 0 Å². The molecule has 0 unspecified atom stereocenters. The first-order chi connectivity index (χ1) is 12.5. The van der Waals surface area contributed by atoms with Crippen LogP contribution in [0.5, 0.6) is 0 Å². The summed E-state index contributed by atoms with van der Waals surface area (Å²) in [6.45, 7) is 2.17. The molecule has 0 aliphatic carbocycles. The number of benzene rings is 2. The fourth-order valence-corrected chi connectivity index (χ4v) is 3.11. The molecule has 2 aromatic carbocycles. The molecule has 6 heteroatoms. The average molecular weight is 393 g/mol. The van der Waals surface area contributed by atoms with Gasteiger partial charge in [0.15, 0.2) is 0 Å². The van der Waals surface area contributed by atoms with Gasteiger partial charge in [-0.1, -0.05) is 66.5 Å². The van der Waals surface area contributed by atoms with Crippen molar-refractivity contribution in [3.8, 4) is 0 Å². The van der Waals surface area contributed by atoms with Crippen LogP contribution in [0.2, 0.25) is 10.0 Å². The molecule has 0 bridgehead atoms. The minimum atomic E-state index is -0.550. The van der Waals surface area contributed by atoms with Gasteiger partial charge in [0.05, 0.1) is 16.5 Å². The lowest BCUT2D eigenvalue weighted by molar-refractivity contribution is -0.140. The molecule has 0 aliphatic rings. The van der Waals surface area contributed by atoms with Crippen LogP contribution in [0.3, 0.4) is 0 Å². The van der Waals surface area contributed by atoms with Crippen molar-refractivity contribution in [3.05, 3.63) is 69.7 Å². The van der Waals surface area contributed by atoms with Crippen molar-refractivity contribution in [1.82, 2.24) is 10.2 Å². The first-order valence-electron chi connectivity index (χ1n) is 8.45. The summed E-state index contributed by atoms with van der Waals surface area (Å²) < 4.78 is 0. The number of amides is 2. The molecule has 26 heavy (non-hydrogen) atoms. The maximum Gasteiger partial charge on any atom is 0.242 e. The third-order valence-corrected chi connectivity index (χ3v) is 4.91. The van der Waals surface area contributed by atoms with E-state index in [2.05, 4.69) is 5.32 Å². The first kappa shape index (κ1) is 20.3. The van der Waals surface area contributed by atoms with Crippen LogP contribution in [0.1, 0.15) is 24.5 Å². The van der Waals surface area contributed by atoms with Gasteiger partial charge in [-0.25, -0.2) is 0 Å². The van der Waals surface area contributed by atoms with Gasteiger partial charge >= 0.3 is 0 Å². The Labute approximate surface area is 164 Å². The smallest absolute Gasteiger partial charge is 0.242 e. The van der Waals surface area contributed by atoms with Crippen LogP contribution in [-0.4, -0.2) is 29.8 Å². The lowest BCUT2D eigenvalue weighted by atomic mass is 10.1. The van der Waals surface area contributed by atoms with Crippen LogP contribution < -0.4 is 5.32 Å². The Morgan fingerprint density at radius 2 is 1.73 bits per heavy atom. The Bertz CT molecular complexity index is 766. The summed E-state index contributed by atoms with van der Waals surface area (Å²) >= 11 is 12.1. The zero-order valence-electron chi connectivity index (χ0n) is 14.8. The molecule has 0 radical (unpaired) electrons. The predicted octanol–water partition coefficient (Wildman–Crippen LogP) is 4.09. The van der Waals surface area contributed by atoms with E-state index in [4.69, 9.17) is 23.2 Å². The van der Waals surface area contributed by atoms with Crippen LogP contribution in [0.25, 0.3) is 0 Å². The molecule has 0 saturated carbocycles. The fraction of sp³-hybridized carbons (Fsp3) is 0.300. The van der Waals surface area contributed by atoms with E-state index in [1.54, 1.807) is 24.1 Å². The van der Waals surface area contributed by atoms with Gasteiger partial charge in [0.25, 0.3) is 0 Å². The molecule has 0 aliphatic heterocycles. The largest absolute Gasteiger partial charge is 0.357 e. The fourth-order valence-electron chi connectivity index (χ4n) is 2.79. The number of hydrogen-bond acceptors (Lipinski definition) is 2. The van der Waals surface area contributed by atoms with Crippen molar-refractivity contribution >= 4 is 35.0 Å². The topological polar surface area (TPSA) is 49.4 Å². The quantitative estimate of drug-likeness (QED) is 0.771. The van der Waals surface area contributed by atoms with Crippen molar-refractivity contribution in [3.63, 3.8) is 0 Å². The number of carbonyl (C=O) groups excluding carboxylic acids is 2. The van der Waals surface area contributed by atoms with Gasteiger partial charge in [-0.15, -0.1) is 0 Å². The molecule has 0 fully saturated rings. The molecule has 138 valence electrons. The van der Waals surface area contributed by atoms with Crippen molar-refractivity contribution in [2.45, 2.75) is 32.4 Å². The summed E-state index contributed by atoms with van der Waals surface area (Å²) in [5.41, 5.74) is 1.73. The Balaban J connectivity index is 2.29. The van der Waals surface area contributed by atoms with Gasteiger partial charge in [0.2, 0.25) is 11.8 Å². The first-order valence-corrected chi connectivity index (χ1v) is 9.20. The summed E-state index contributed by atoms with van der Waals surface area (Å²) in [7, 11) is 1.57. The number of nitrogens with one attached hydrogen (secondary N) is 1. The summed E-state index contributed by atoms with van der Waals surface area (Å²) in [4.78, 5) is 26.9. The Hall–Kier alpha value is -2.04. The van der Waals surface area contributed by atoms with E-state index in [0.717, 1.165) is 11.1 Å². The lowest BCUT2D eigenvalue weighted by Crippen LogP contribution is -2.48. The van der Waals surface area contributed by atoms with E-state index in [9.17, 15) is 9.59 Å². The molecule has 0 spiro atoms. The second-order valence-electron chi connectivity index (χ2n) is 5.97. The number of nitrogens with zero attached hydrogens (tertiary/aromatic N) is 1. The number of likely N-dealkylation sites (N-methyl/N-ethyl adjacent to an activating group) is 1. The highest BCUT2D eigenvalue weighted by atomic mass is 35.5. The van der Waals surface area contributed by atoms with Crippen LogP contribution in [0.15, 0.2) is 48.5 Å². The molecule has 0 saturated heterocycles. The van der Waals surface area contributed by atoms with Gasteiger partial charge in [0, 0.05) is 13.6 Å². The highest BCUT2D eigenvalue weighted by molar-refractivity contribution is 6.42. The third-order valence-electron chi connectivity index (χ3n) is 4.17. The monoisotopic (exact) mass is 392 g/mol. The van der Waals surface area contributed by atoms with Crippen LogP contribution in [0, 0.1) is 0 Å². The summed E-state index contributed by atoms with van der Waals surface area (Å²) in [5.74, 6) is -0.299. The van der Waals surface area contributed by atoms with Crippen molar-refractivity contribution < 1.29 is 9.59 Å². The molecule has 0 heterocycles. The molecule has 2 aromatic rings. The SMILES string of the molecule is CC[C@H](C(=O)NC)N(Cc1ccc(Cl)c(Cl)c1)C(=O)Cc1ccccc1. The van der Waals surface area contributed by atoms with Crippen molar-refractivity contribution in [2.75, 3.05) is 7.05 Å². The standard InChI is InChI=1S/C20H22Cl2N2O2/c1-3-18(20(26)23-2)24(13-15-9-10-16(21)17(22)11-15)19(25)12-14-7-5-4-6-8-14/h4-11,18H,3,12-13H2,1-2H3,(H,23,26)/t18-/m1/s1. The Kier molecular flexibility index (Phi) is 7.49. The third kappa shape index (κ3) is 5.23. The predicted molar refractivity (Wildman–Crippen MR) is 105 cm³/mol. The summed E-state index contributed by atoms with van der Waals surface area (Å²) in [5, 5.41) is 3.52. The second kappa shape index (κ2) is 9.60. The zero-order valence-corrected chi connectivity index (χ0v) is 16.3. The van der Waals surface area contributed by atoms with Gasteiger partial charge < -0.3 is 10.2 Å². The van der Waals surface area contributed by atoms with E-state index in [1.807, 2.05) is 43.3 Å². The van der Waals surface area contributed by atoms with Gasteiger partial charge in [0.1, 0.15) is 6.04 Å². The second-order valence-corrected chi connectivity index (χ2v) is 6.79. The molecule has 4 nitrogen and oxygen atoms in total. The summed E-state index contributed by atoms with van der Waals surface area (Å²) in [6, 6.07) is 14.2. The Morgan fingerprint density at radius 3 is 2.31 bits per heavy atom. The molecule has 2 rings (SSSR count). The van der Waals surface area contributed by atoms with Crippen LogP contribution in [-0.2, 0) is 22.6 Å². The normalized spacial score (nSPS) is 11.7. The highest BCUT2D eigenvalue weighted by Crippen LogP contribution is 2.24. The maximum absolute atomic E-state index is 13.0. The number of hydrogen-bond donors (Lipinski definition) is 1. The Morgan fingerprint density at radius 1 is 1.04 bits per heavy atom. The minimum absolute atomic E-state index is 0.113. The molecular formula is C20H22Cl2N2O2. The van der Waals surface area contributed by atoms with E-state index in [0.29, 0.717) is 16.5 Å². The van der Waals surface area contributed by atoms with Crippen LogP contribution >= 0.6 is 23.2 Å². The molecular weight excluding hydrogens is 371 g/mol.